The van der Waals surface area contributed by atoms with E-state index in [-0.39, 0.29) is 17.9 Å². The molecule has 0 saturated carbocycles. The molecule has 2 unspecified atom stereocenters. The SMILES string of the molecule is CC(CCOc1ccccc1)C(=O)NCC(N)c1ccccc1. The summed E-state index contributed by atoms with van der Waals surface area (Å²) in [6.07, 6.45) is 0.668. The van der Waals surface area contributed by atoms with E-state index in [4.69, 9.17) is 10.5 Å². The van der Waals surface area contributed by atoms with Gasteiger partial charge in [-0.25, -0.2) is 0 Å². The Labute approximate surface area is 137 Å². The molecule has 0 bridgehead atoms. The number of hydrogen-bond acceptors (Lipinski definition) is 3. The zero-order valence-corrected chi connectivity index (χ0v) is 13.4. The van der Waals surface area contributed by atoms with Gasteiger partial charge in [-0.15, -0.1) is 0 Å². The van der Waals surface area contributed by atoms with Crippen LogP contribution < -0.4 is 15.8 Å². The summed E-state index contributed by atoms with van der Waals surface area (Å²) in [5.74, 6) is 0.723. The van der Waals surface area contributed by atoms with Gasteiger partial charge in [0.15, 0.2) is 0 Å². The van der Waals surface area contributed by atoms with Crippen LogP contribution >= 0.6 is 0 Å². The van der Waals surface area contributed by atoms with Gasteiger partial charge >= 0.3 is 0 Å². The summed E-state index contributed by atoms with van der Waals surface area (Å²) in [7, 11) is 0. The number of benzene rings is 2. The van der Waals surface area contributed by atoms with E-state index in [0.717, 1.165) is 11.3 Å². The molecule has 0 saturated heterocycles. The van der Waals surface area contributed by atoms with Gasteiger partial charge < -0.3 is 15.8 Å². The number of amides is 1. The third kappa shape index (κ3) is 5.75. The van der Waals surface area contributed by atoms with E-state index < -0.39 is 0 Å². The molecule has 0 aliphatic carbocycles. The lowest BCUT2D eigenvalue weighted by atomic mass is 10.1. The second-order valence-corrected chi connectivity index (χ2v) is 5.61. The first-order valence-corrected chi connectivity index (χ1v) is 7.93. The average molecular weight is 312 g/mol. The third-order valence-corrected chi connectivity index (χ3v) is 3.73. The smallest absolute Gasteiger partial charge is 0.223 e. The summed E-state index contributed by atoms with van der Waals surface area (Å²) in [4.78, 5) is 12.1. The molecule has 4 heteroatoms. The minimum absolute atomic E-state index is 0.00745. The van der Waals surface area contributed by atoms with Crippen molar-refractivity contribution < 1.29 is 9.53 Å². The maximum atomic E-state index is 12.1. The molecule has 2 aromatic rings. The summed E-state index contributed by atoms with van der Waals surface area (Å²) in [6, 6.07) is 19.2. The van der Waals surface area contributed by atoms with Crippen LogP contribution in [0.25, 0.3) is 0 Å². The largest absolute Gasteiger partial charge is 0.494 e. The van der Waals surface area contributed by atoms with Crippen LogP contribution in [-0.2, 0) is 4.79 Å². The van der Waals surface area contributed by atoms with Crippen molar-refractivity contribution in [3.8, 4) is 5.75 Å². The predicted molar refractivity (Wildman–Crippen MR) is 92.1 cm³/mol. The number of rotatable bonds is 8. The van der Waals surface area contributed by atoms with Crippen molar-refractivity contribution in [2.75, 3.05) is 13.2 Å². The molecule has 4 nitrogen and oxygen atoms in total. The standard InChI is InChI=1S/C19H24N2O2/c1-15(12-13-23-17-10-6-3-7-11-17)19(22)21-14-18(20)16-8-4-2-5-9-16/h2-11,15,18H,12-14,20H2,1H3,(H,21,22). The number of carbonyl (C=O) groups is 1. The normalized spacial score (nSPS) is 13.1. The second-order valence-electron chi connectivity index (χ2n) is 5.61. The first kappa shape index (κ1) is 17.0. The van der Waals surface area contributed by atoms with Gasteiger partial charge in [-0.3, -0.25) is 4.79 Å². The summed E-state index contributed by atoms with van der Waals surface area (Å²) in [5.41, 5.74) is 7.10. The molecule has 2 rings (SSSR count). The Kier molecular flexibility index (Phi) is 6.63. The monoisotopic (exact) mass is 312 g/mol. The van der Waals surface area contributed by atoms with Crippen LogP contribution in [0.4, 0.5) is 0 Å². The summed E-state index contributed by atoms with van der Waals surface area (Å²) in [5, 5.41) is 2.91. The van der Waals surface area contributed by atoms with E-state index in [1.165, 1.54) is 0 Å². The lowest BCUT2D eigenvalue weighted by Gasteiger charge is -2.16. The molecule has 0 aliphatic heterocycles. The van der Waals surface area contributed by atoms with E-state index in [9.17, 15) is 4.79 Å². The fraction of sp³-hybridized carbons (Fsp3) is 0.316. The quantitative estimate of drug-likeness (QED) is 0.788. The van der Waals surface area contributed by atoms with Crippen molar-refractivity contribution in [3.63, 3.8) is 0 Å². The highest BCUT2D eigenvalue weighted by Crippen LogP contribution is 2.11. The number of hydrogen-bond donors (Lipinski definition) is 2. The number of ether oxygens (including phenoxy) is 1. The molecule has 0 aliphatic rings. The molecular weight excluding hydrogens is 288 g/mol. The maximum Gasteiger partial charge on any atom is 0.223 e. The molecule has 2 aromatic carbocycles. The van der Waals surface area contributed by atoms with E-state index in [0.29, 0.717) is 19.6 Å². The molecule has 23 heavy (non-hydrogen) atoms. The highest BCUT2D eigenvalue weighted by atomic mass is 16.5. The lowest BCUT2D eigenvalue weighted by Crippen LogP contribution is -2.35. The van der Waals surface area contributed by atoms with Gasteiger partial charge in [0.2, 0.25) is 5.91 Å². The lowest BCUT2D eigenvalue weighted by molar-refractivity contribution is -0.124. The van der Waals surface area contributed by atoms with Crippen molar-refractivity contribution >= 4 is 5.91 Å². The Morgan fingerprint density at radius 3 is 2.35 bits per heavy atom. The van der Waals surface area contributed by atoms with Gasteiger partial charge in [0.1, 0.15) is 5.75 Å². The van der Waals surface area contributed by atoms with Crippen LogP contribution in [0.1, 0.15) is 24.9 Å². The van der Waals surface area contributed by atoms with E-state index in [1.807, 2.05) is 67.6 Å². The van der Waals surface area contributed by atoms with Gasteiger partial charge in [0.05, 0.1) is 6.61 Å². The molecule has 122 valence electrons. The Hall–Kier alpha value is -2.33. The Morgan fingerprint density at radius 2 is 1.70 bits per heavy atom. The highest BCUT2D eigenvalue weighted by Gasteiger charge is 2.14. The second kappa shape index (κ2) is 8.96. The molecule has 0 heterocycles. The van der Waals surface area contributed by atoms with Gasteiger partial charge in [-0.2, -0.15) is 0 Å². The minimum atomic E-state index is -0.187. The third-order valence-electron chi connectivity index (χ3n) is 3.73. The van der Waals surface area contributed by atoms with Crippen LogP contribution in [0.5, 0.6) is 5.75 Å². The van der Waals surface area contributed by atoms with Gasteiger partial charge in [0.25, 0.3) is 0 Å². The van der Waals surface area contributed by atoms with Gasteiger partial charge in [-0.1, -0.05) is 55.5 Å². The first-order valence-electron chi connectivity index (χ1n) is 7.93. The molecule has 2 atom stereocenters. The van der Waals surface area contributed by atoms with E-state index >= 15 is 0 Å². The number of carbonyl (C=O) groups excluding carboxylic acids is 1. The van der Waals surface area contributed by atoms with Crippen LogP contribution in [0.15, 0.2) is 60.7 Å². The molecule has 0 radical (unpaired) electrons. The molecular formula is C19H24N2O2. The van der Waals surface area contributed by atoms with Crippen molar-refractivity contribution in [3.05, 3.63) is 66.2 Å². The van der Waals surface area contributed by atoms with Crippen LogP contribution in [0, 0.1) is 5.92 Å². The molecule has 0 aromatic heterocycles. The molecule has 0 fully saturated rings. The predicted octanol–water partition coefficient (Wildman–Crippen LogP) is 2.91. The van der Waals surface area contributed by atoms with Crippen molar-refractivity contribution in [2.45, 2.75) is 19.4 Å². The zero-order valence-electron chi connectivity index (χ0n) is 13.4. The van der Waals surface area contributed by atoms with E-state index in [1.54, 1.807) is 0 Å². The molecule has 1 amide bonds. The van der Waals surface area contributed by atoms with Crippen LogP contribution in [0.3, 0.4) is 0 Å². The van der Waals surface area contributed by atoms with Crippen molar-refractivity contribution in [1.82, 2.24) is 5.32 Å². The minimum Gasteiger partial charge on any atom is -0.494 e. The maximum absolute atomic E-state index is 12.1. The van der Waals surface area contributed by atoms with Crippen molar-refractivity contribution in [2.24, 2.45) is 11.7 Å². The molecule has 0 spiro atoms. The summed E-state index contributed by atoms with van der Waals surface area (Å²) < 4.78 is 5.62. The Morgan fingerprint density at radius 1 is 1.09 bits per heavy atom. The van der Waals surface area contributed by atoms with E-state index in [2.05, 4.69) is 5.32 Å². The number of nitrogens with one attached hydrogen (secondary N) is 1. The van der Waals surface area contributed by atoms with Crippen LogP contribution in [-0.4, -0.2) is 19.1 Å². The average Bonchev–Trinajstić information content (AvgIpc) is 2.61. The fourth-order valence-corrected chi connectivity index (χ4v) is 2.20. The Balaban J connectivity index is 1.68. The summed E-state index contributed by atoms with van der Waals surface area (Å²) >= 11 is 0. The summed E-state index contributed by atoms with van der Waals surface area (Å²) in [6.45, 7) is 2.85. The zero-order chi connectivity index (χ0) is 16.5. The van der Waals surface area contributed by atoms with Gasteiger partial charge in [-0.05, 0) is 24.1 Å². The highest BCUT2D eigenvalue weighted by molar-refractivity contribution is 5.78. The van der Waals surface area contributed by atoms with Gasteiger partial charge in [0, 0.05) is 18.5 Å². The van der Waals surface area contributed by atoms with Crippen LogP contribution in [0.2, 0.25) is 0 Å². The first-order chi connectivity index (χ1) is 11.2. The number of para-hydroxylation sites is 1. The molecule has 3 N–H and O–H groups in total. The Bertz CT molecular complexity index is 587. The topological polar surface area (TPSA) is 64.3 Å². The van der Waals surface area contributed by atoms with Crippen molar-refractivity contribution in [1.29, 1.82) is 0 Å². The number of nitrogens with two attached hydrogens (primary N) is 1. The fourth-order valence-electron chi connectivity index (χ4n) is 2.20.